The van der Waals surface area contributed by atoms with Crippen molar-refractivity contribution in [3.63, 3.8) is 0 Å². The molecule has 1 saturated carbocycles. The van der Waals surface area contributed by atoms with E-state index >= 15 is 0 Å². The fourth-order valence-electron chi connectivity index (χ4n) is 1.50. The lowest BCUT2D eigenvalue weighted by Gasteiger charge is -2.31. The molecule has 3 heteroatoms. The second-order valence-corrected chi connectivity index (χ2v) is 4.98. The molecule has 1 aliphatic rings. The van der Waals surface area contributed by atoms with Crippen LogP contribution >= 0.6 is 0 Å². The Morgan fingerprint density at radius 2 is 2.13 bits per heavy atom. The standard InChI is InChI=1S/C12H19NO2/c1-5-10(9-7-6-8-9)13-11(14)15-12(2,3)4/h1,9-10H,6-8H2,2-4H3,(H,13,14)/t10-/m1/s1. The Bertz CT molecular complexity index is 268. The van der Waals surface area contributed by atoms with Gasteiger partial charge in [-0.15, -0.1) is 6.42 Å². The molecule has 0 bridgehead atoms. The van der Waals surface area contributed by atoms with Crippen LogP contribution in [0.1, 0.15) is 40.0 Å². The topological polar surface area (TPSA) is 38.3 Å². The maximum Gasteiger partial charge on any atom is 0.408 e. The van der Waals surface area contributed by atoms with Crippen LogP contribution < -0.4 is 5.32 Å². The van der Waals surface area contributed by atoms with E-state index in [1.54, 1.807) is 0 Å². The van der Waals surface area contributed by atoms with Gasteiger partial charge in [0.25, 0.3) is 0 Å². The summed E-state index contributed by atoms with van der Waals surface area (Å²) >= 11 is 0. The van der Waals surface area contributed by atoms with Gasteiger partial charge >= 0.3 is 6.09 Å². The zero-order valence-electron chi connectivity index (χ0n) is 9.67. The van der Waals surface area contributed by atoms with Crippen LogP contribution in [0, 0.1) is 18.3 Å². The number of hydrogen-bond donors (Lipinski definition) is 1. The smallest absolute Gasteiger partial charge is 0.408 e. The maximum absolute atomic E-state index is 11.4. The van der Waals surface area contributed by atoms with Crippen LogP contribution in [-0.2, 0) is 4.74 Å². The predicted octanol–water partition coefficient (Wildman–Crippen LogP) is 2.31. The number of alkyl carbamates (subject to hydrolysis) is 1. The van der Waals surface area contributed by atoms with Crippen LogP contribution in [0.4, 0.5) is 4.79 Å². The summed E-state index contributed by atoms with van der Waals surface area (Å²) in [5, 5.41) is 2.73. The molecule has 0 aliphatic heterocycles. The van der Waals surface area contributed by atoms with Gasteiger partial charge < -0.3 is 10.1 Å². The molecule has 0 radical (unpaired) electrons. The molecule has 0 unspecified atom stereocenters. The minimum Gasteiger partial charge on any atom is -0.444 e. The van der Waals surface area contributed by atoms with E-state index in [0.717, 1.165) is 12.8 Å². The molecule has 0 heterocycles. The first kappa shape index (κ1) is 11.9. The summed E-state index contributed by atoms with van der Waals surface area (Å²) in [4.78, 5) is 11.4. The molecule has 1 amide bonds. The van der Waals surface area contributed by atoms with Crippen LogP contribution in [0.3, 0.4) is 0 Å². The van der Waals surface area contributed by atoms with Crippen molar-refractivity contribution in [1.82, 2.24) is 5.32 Å². The Hall–Kier alpha value is -1.17. The van der Waals surface area contributed by atoms with Crippen molar-refractivity contribution >= 4 is 6.09 Å². The highest BCUT2D eigenvalue weighted by Gasteiger charge is 2.28. The second kappa shape index (κ2) is 4.57. The van der Waals surface area contributed by atoms with E-state index in [1.165, 1.54) is 6.42 Å². The van der Waals surface area contributed by atoms with Crippen molar-refractivity contribution in [2.75, 3.05) is 0 Å². The summed E-state index contributed by atoms with van der Waals surface area (Å²) in [6, 6.07) is -0.173. The van der Waals surface area contributed by atoms with Crippen molar-refractivity contribution in [2.24, 2.45) is 5.92 Å². The summed E-state index contributed by atoms with van der Waals surface area (Å²) in [6.45, 7) is 5.50. The van der Waals surface area contributed by atoms with E-state index in [2.05, 4.69) is 11.2 Å². The van der Waals surface area contributed by atoms with Gasteiger partial charge in [-0.2, -0.15) is 0 Å². The van der Waals surface area contributed by atoms with E-state index in [4.69, 9.17) is 11.2 Å². The van der Waals surface area contributed by atoms with Gasteiger partial charge in [0.15, 0.2) is 0 Å². The zero-order valence-corrected chi connectivity index (χ0v) is 9.67. The van der Waals surface area contributed by atoms with Gasteiger partial charge in [0.05, 0.1) is 6.04 Å². The highest BCUT2D eigenvalue weighted by Crippen LogP contribution is 2.29. The Kier molecular flexibility index (Phi) is 3.62. The number of terminal acetylenes is 1. The Labute approximate surface area is 91.6 Å². The third kappa shape index (κ3) is 3.83. The Morgan fingerprint density at radius 1 is 1.53 bits per heavy atom. The molecule has 3 nitrogen and oxygen atoms in total. The van der Waals surface area contributed by atoms with E-state index in [-0.39, 0.29) is 6.04 Å². The number of carbonyl (C=O) groups is 1. The van der Waals surface area contributed by atoms with Gasteiger partial charge in [0, 0.05) is 0 Å². The number of hydrogen-bond acceptors (Lipinski definition) is 2. The molecule has 1 atom stereocenters. The van der Waals surface area contributed by atoms with Crippen molar-refractivity contribution in [3.05, 3.63) is 0 Å². The minimum absolute atomic E-state index is 0.173. The van der Waals surface area contributed by atoms with Crippen LogP contribution in [0.5, 0.6) is 0 Å². The third-order valence-corrected chi connectivity index (χ3v) is 2.47. The van der Waals surface area contributed by atoms with Crippen LogP contribution in [0.2, 0.25) is 0 Å². The Morgan fingerprint density at radius 3 is 2.47 bits per heavy atom. The number of carbonyl (C=O) groups excluding carboxylic acids is 1. The van der Waals surface area contributed by atoms with Crippen molar-refractivity contribution < 1.29 is 9.53 Å². The summed E-state index contributed by atoms with van der Waals surface area (Å²) in [7, 11) is 0. The molecule has 1 rings (SSSR count). The molecule has 0 saturated heterocycles. The molecular formula is C12H19NO2. The third-order valence-electron chi connectivity index (χ3n) is 2.47. The first-order chi connectivity index (χ1) is 6.92. The van der Waals surface area contributed by atoms with E-state index in [1.807, 2.05) is 20.8 Å². The van der Waals surface area contributed by atoms with Crippen LogP contribution in [-0.4, -0.2) is 17.7 Å². The summed E-state index contributed by atoms with van der Waals surface area (Å²) in [5.74, 6) is 3.04. The highest BCUT2D eigenvalue weighted by atomic mass is 16.6. The van der Waals surface area contributed by atoms with Crippen molar-refractivity contribution in [2.45, 2.75) is 51.7 Å². The minimum atomic E-state index is -0.469. The molecular weight excluding hydrogens is 190 g/mol. The molecule has 84 valence electrons. The lowest BCUT2D eigenvalue weighted by molar-refractivity contribution is 0.0489. The molecule has 15 heavy (non-hydrogen) atoms. The SMILES string of the molecule is C#C[C@@H](NC(=O)OC(C)(C)C)C1CCC1. The summed E-state index contributed by atoms with van der Waals surface area (Å²) in [6.07, 6.45) is 8.37. The number of nitrogens with one attached hydrogen (secondary N) is 1. The molecule has 0 aromatic carbocycles. The average Bonchev–Trinajstić information content (AvgIpc) is 1.95. The summed E-state index contributed by atoms with van der Waals surface area (Å²) in [5.41, 5.74) is -0.469. The quantitative estimate of drug-likeness (QED) is 0.709. The van der Waals surface area contributed by atoms with Gasteiger partial charge in [0.1, 0.15) is 5.60 Å². The second-order valence-electron chi connectivity index (χ2n) is 4.98. The first-order valence-electron chi connectivity index (χ1n) is 5.38. The fraction of sp³-hybridized carbons (Fsp3) is 0.750. The van der Waals surface area contributed by atoms with E-state index < -0.39 is 11.7 Å². The Balaban J connectivity index is 2.38. The van der Waals surface area contributed by atoms with Gasteiger partial charge in [-0.3, -0.25) is 0 Å². The summed E-state index contributed by atoms with van der Waals surface area (Å²) < 4.78 is 5.14. The first-order valence-corrected chi connectivity index (χ1v) is 5.38. The molecule has 1 N–H and O–H groups in total. The molecule has 0 aromatic rings. The van der Waals surface area contributed by atoms with Gasteiger partial charge in [-0.25, -0.2) is 4.79 Å². The predicted molar refractivity (Wildman–Crippen MR) is 59.3 cm³/mol. The monoisotopic (exact) mass is 209 g/mol. The zero-order chi connectivity index (χ0) is 11.5. The molecule has 0 spiro atoms. The van der Waals surface area contributed by atoms with Crippen LogP contribution in [0.15, 0.2) is 0 Å². The van der Waals surface area contributed by atoms with Gasteiger partial charge in [-0.05, 0) is 39.5 Å². The number of amides is 1. The maximum atomic E-state index is 11.4. The average molecular weight is 209 g/mol. The molecule has 1 aliphatic carbocycles. The lowest BCUT2D eigenvalue weighted by atomic mass is 9.80. The molecule has 1 fully saturated rings. The van der Waals surface area contributed by atoms with E-state index in [9.17, 15) is 4.79 Å². The largest absolute Gasteiger partial charge is 0.444 e. The number of rotatable bonds is 2. The normalized spacial score (nSPS) is 18.5. The van der Waals surface area contributed by atoms with Crippen molar-refractivity contribution in [3.8, 4) is 12.3 Å². The number of ether oxygens (including phenoxy) is 1. The van der Waals surface area contributed by atoms with Crippen molar-refractivity contribution in [1.29, 1.82) is 0 Å². The van der Waals surface area contributed by atoms with Crippen LogP contribution in [0.25, 0.3) is 0 Å². The fourth-order valence-corrected chi connectivity index (χ4v) is 1.50. The van der Waals surface area contributed by atoms with E-state index in [0.29, 0.717) is 5.92 Å². The van der Waals surface area contributed by atoms with Gasteiger partial charge in [-0.1, -0.05) is 12.3 Å². The van der Waals surface area contributed by atoms with Gasteiger partial charge in [0.2, 0.25) is 0 Å². The molecule has 0 aromatic heterocycles. The highest BCUT2D eigenvalue weighted by molar-refractivity contribution is 5.68. The lowest BCUT2D eigenvalue weighted by Crippen LogP contribution is -2.44.